The Hall–Kier alpha value is -1.83. The van der Waals surface area contributed by atoms with E-state index in [0.717, 1.165) is 44.7 Å². The average molecular weight is 283 g/mol. The molecule has 0 aliphatic carbocycles. The van der Waals surface area contributed by atoms with Crippen LogP contribution in [0.1, 0.15) is 17.2 Å². The van der Waals surface area contributed by atoms with Gasteiger partial charge in [0.2, 0.25) is 5.91 Å². The van der Waals surface area contributed by atoms with Crippen molar-refractivity contribution in [3.63, 3.8) is 0 Å². The molecule has 1 amide bonds. The number of nitrogens with one attached hydrogen (secondary N) is 1. The van der Waals surface area contributed by atoms with Crippen molar-refractivity contribution in [3.05, 3.63) is 35.4 Å². The van der Waals surface area contributed by atoms with Gasteiger partial charge in [0.15, 0.2) is 0 Å². The highest BCUT2D eigenvalue weighted by Gasteiger charge is 2.31. The lowest BCUT2D eigenvalue weighted by atomic mass is 9.93. The zero-order valence-electron chi connectivity index (χ0n) is 12.2. The third-order valence-corrected chi connectivity index (χ3v) is 4.35. The van der Waals surface area contributed by atoms with E-state index in [1.807, 2.05) is 17.0 Å². The standard InChI is InChI=1S/C17H21N3O/c1-2-9-19-10-12-20(13-11-19)17(21)16-15-6-4-3-5-14(15)7-8-18-16/h1,3-6,16,18H,7-13H2. The maximum absolute atomic E-state index is 12.8. The van der Waals surface area contributed by atoms with Gasteiger partial charge >= 0.3 is 0 Å². The summed E-state index contributed by atoms with van der Waals surface area (Å²) in [5.41, 5.74) is 2.43. The van der Waals surface area contributed by atoms with Crippen molar-refractivity contribution in [1.82, 2.24) is 15.1 Å². The molecular weight excluding hydrogens is 262 g/mol. The largest absolute Gasteiger partial charge is 0.338 e. The highest BCUT2D eigenvalue weighted by Crippen LogP contribution is 2.24. The van der Waals surface area contributed by atoms with Crippen molar-refractivity contribution >= 4 is 5.91 Å². The number of hydrogen-bond acceptors (Lipinski definition) is 3. The number of terminal acetylenes is 1. The average Bonchev–Trinajstić information content (AvgIpc) is 2.55. The first kappa shape index (κ1) is 14.1. The molecule has 2 aliphatic heterocycles. The molecule has 1 atom stereocenters. The Labute approximate surface area is 126 Å². The quantitative estimate of drug-likeness (QED) is 0.810. The summed E-state index contributed by atoms with van der Waals surface area (Å²) >= 11 is 0. The van der Waals surface area contributed by atoms with Gasteiger partial charge in [-0.2, -0.15) is 0 Å². The Kier molecular flexibility index (Phi) is 4.23. The third kappa shape index (κ3) is 2.94. The summed E-state index contributed by atoms with van der Waals surface area (Å²) < 4.78 is 0. The Balaban J connectivity index is 1.69. The number of piperazine rings is 1. The molecule has 2 aliphatic rings. The third-order valence-electron chi connectivity index (χ3n) is 4.35. The molecule has 0 radical (unpaired) electrons. The molecule has 1 aromatic carbocycles. The Morgan fingerprint density at radius 3 is 2.81 bits per heavy atom. The Bertz CT molecular complexity index is 555. The summed E-state index contributed by atoms with van der Waals surface area (Å²) in [6.07, 6.45) is 6.34. The molecule has 4 heteroatoms. The lowest BCUT2D eigenvalue weighted by Gasteiger charge is -2.37. The number of benzene rings is 1. The molecule has 3 rings (SSSR count). The molecule has 2 heterocycles. The second-order valence-corrected chi connectivity index (χ2v) is 5.64. The monoisotopic (exact) mass is 283 g/mol. The van der Waals surface area contributed by atoms with E-state index < -0.39 is 0 Å². The molecule has 0 aromatic heterocycles. The predicted molar refractivity (Wildman–Crippen MR) is 82.7 cm³/mol. The molecule has 0 saturated carbocycles. The van der Waals surface area contributed by atoms with Crippen molar-refractivity contribution in [3.8, 4) is 12.3 Å². The summed E-state index contributed by atoms with van der Waals surface area (Å²) in [6, 6.07) is 8.07. The fourth-order valence-corrected chi connectivity index (χ4v) is 3.16. The van der Waals surface area contributed by atoms with Crippen LogP contribution in [0.25, 0.3) is 0 Å². The first-order valence-electron chi connectivity index (χ1n) is 7.55. The minimum absolute atomic E-state index is 0.186. The van der Waals surface area contributed by atoms with E-state index in [2.05, 4.69) is 28.3 Å². The summed E-state index contributed by atoms with van der Waals surface area (Å²) in [5, 5.41) is 3.37. The molecule has 1 aromatic rings. The molecule has 110 valence electrons. The lowest BCUT2D eigenvalue weighted by molar-refractivity contribution is -0.135. The second kappa shape index (κ2) is 6.30. The van der Waals surface area contributed by atoms with Crippen LogP contribution in [0.15, 0.2) is 24.3 Å². The number of carbonyl (C=O) groups is 1. The molecule has 1 unspecified atom stereocenters. The smallest absolute Gasteiger partial charge is 0.244 e. The van der Waals surface area contributed by atoms with Crippen LogP contribution in [-0.2, 0) is 11.2 Å². The van der Waals surface area contributed by atoms with Crippen LogP contribution in [0.5, 0.6) is 0 Å². The van der Waals surface area contributed by atoms with Crippen LogP contribution in [0.4, 0.5) is 0 Å². The van der Waals surface area contributed by atoms with Gasteiger partial charge in [-0.25, -0.2) is 0 Å². The maximum Gasteiger partial charge on any atom is 0.244 e. The van der Waals surface area contributed by atoms with Crippen molar-refractivity contribution in [2.45, 2.75) is 12.5 Å². The van der Waals surface area contributed by atoms with Crippen LogP contribution in [0.2, 0.25) is 0 Å². The first-order valence-corrected chi connectivity index (χ1v) is 7.55. The van der Waals surface area contributed by atoms with Gasteiger partial charge in [-0.15, -0.1) is 6.42 Å². The normalized spacial score (nSPS) is 22.4. The van der Waals surface area contributed by atoms with Gasteiger partial charge in [-0.3, -0.25) is 9.69 Å². The minimum Gasteiger partial charge on any atom is -0.338 e. The van der Waals surface area contributed by atoms with Gasteiger partial charge in [-0.05, 0) is 17.5 Å². The van der Waals surface area contributed by atoms with E-state index in [4.69, 9.17) is 6.42 Å². The predicted octanol–water partition coefficient (Wildman–Crippen LogP) is 0.651. The molecule has 1 fully saturated rings. The van der Waals surface area contributed by atoms with Crippen LogP contribution < -0.4 is 5.32 Å². The molecule has 4 nitrogen and oxygen atoms in total. The van der Waals surface area contributed by atoms with E-state index in [9.17, 15) is 4.79 Å². The van der Waals surface area contributed by atoms with E-state index in [1.165, 1.54) is 5.56 Å². The van der Waals surface area contributed by atoms with Crippen LogP contribution in [-0.4, -0.2) is 55.0 Å². The molecule has 1 saturated heterocycles. The number of amides is 1. The highest BCUT2D eigenvalue weighted by molar-refractivity contribution is 5.84. The van der Waals surface area contributed by atoms with Gasteiger partial charge in [0.05, 0.1) is 6.54 Å². The maximum atomic E-state index is 12.8. The number of carbonyl (C=O) groups excluding carboxylic acids is 1. The minimum atomic E-state index is -0.186. The number of rotatable bonds is 2. The van der Waals surface area contributed by atoms with Crippen LogP contribution >= 0.6 is 0 Å². The van der Waals surface area contributed by atoms with Crippen molar-refractivity contribution in [2.75, 3.05) is 39.3 Å². The number of hydrogen-bond donors (Lipinski definition) is 1. The van der Waals surface area contributed by atoms with Gasteiger partial charge < -0.3 is 10.2 Å². The Morgan fingerprint density at radius 1 is 1.29 bits per heavy atom. The summed E-state index contributed by atoms with van der Waals surface area (Å²) in [6.45, 7) is 4.80. The van der Waals surface area contributed by atoms with Gasteiger partial charge in [0.25, 0.3) is 0 Å². The van der Waals surface area contributed by atoms with Gasteiger partial charge in [0, 0.05) is 32.7 Å². The van der Waals surface area contributed by atoms with Gasteiger partial charge in [0.1, 0.15) is 6.04 Å². The fraction of sp³-hybridized carbons (Fsp3) is 0.471. The SMILES string of the molecule is C#CCN1CCN(C(=O)C2NCCc3ccccc32)CC1. The van der Waals surface area contributed by atoms with E-state index in [0.29, 0.717) is 6.54 Å². The van der Waals surface area contributed by atoms with E-state index in [1.54, 1.807) is 0 Å². The lowest BCUT2D eigenvalue weighted by Crippen LogP contribution is -2.52. The topological polar surface area (TPSA) is 35.6 Å². The molecule has 0 spiro atoms. The number of nitrogens with zero attached hydrogens (tertiary/aromatic N) is 2. The van der Waals surface area contributed by atoms with Crippen molar-refractivity contribution < 1.29 is 4.79 Å². The first-order chi connectivity index (χ1) is 10.3. The molecule has 1 N–H and O–H groups in total. The number of fused-ring (bicyclic) bond motifs is 1. The van der Waals surface area contributed by atoms with Crippen LogP contribution in [0.3, 0.4) is 0 Å². The molecular formula is C17H21N3O. The zero-order chi connectivity index (χ0) is 14.7. The van der Waals surface area contributed by atoms with Crippen molar-refractivity contribution in [1.29, 1.82) is 0 Å². The van der Waals surface area contributed by atoms with E-state index in [-0.39, 0.29) is 11.9 Å². The molecule has 21 heavy (non-hydrogen) atoms. The Morgan fingerprint density at radius 2 is 2.05 bits per heavy atom. The fourth-order valence-electron chi connectivity index (χ4n) is 3.16. The summed E-state index contributed by atoms with van der Waals surface area (Å²) in [4.78, 5) is 17.0. The summed E-state index contributed by atoms with van der Waals surface area (Å²) in [5.74, 6) is 2.86. The van der Waals surface area contributed by atoms with E-state index >= 15 is 0 Å². The molecule has 0 bridgehead atoms. The zero-order valence-corrected chi connectivity index (χ0v) is 12.2. The highest BCUT2D eigenvalue weighted by atomic mass is 16.2. The van der Waals surface area contributed by atoms with Crippen LogP contribution in [0, 0.1) is 12.3 Å². The van der Waals surface area contributed by atoms with Gasteiger partial charge in [-0.1, -0.05) is 30.2 Å². The summed E-state index contributed by atoms with van der Waals surface area (Å²) in [7, 11) is 0. The second-order valence-electron chi connectivity index (χ2n) is 5.64. The van der Waals surface area contributed by atoms with Crippen molar-refractivity contribution in [2.24, 2.45) is 0 Å².